The maximum absolute atomic E-state index is 13.2. The first-order valence-corrected chi connectivity index (χ1v) is 14.4. The largest absolute Gasteiger partial charge is 0.369 e. The minimum Gasteiger partial charge on any atom is -0.369 e. The average molecular weight is 549 g/mol. The zero-order valence-corrected chi connectivity index (χ0v) is 22.7. The van der Waals surface area contributed by atoms with Crippen molar-refractivity contribution in [1.29, 1.82) is 0 Å². The van der Waals surface area contributed by atoms with Crippen LogP contribution >= 0.6 is 0 Å². The summed E-state index contributed by atoms with van der Waals surface area (Å²) < 4.78 is 29.5. The molecule has 0 radical (unpaired) electrons. The Kier molecular flexibility index (Phi) is 7.38. The molecule has 1 aliphatic rings. The van der Waals surface area contributed by atoms with E-state index in [2.05, 4.69) is 20.6 Å². The number of benzene rings is 2. The van der Waals surface area contributed by atoms with E-state index in [1.54, 1.807) is 54.9 Å². The standard InChI is InChI=1S/C27H32N8O3S/c1-3-35-17-29-23-25(32-27(33-26(23)35)31-22-12-8-7-11-21(22)24(28)36)30-18-13-15-20(16-14-18)39(37,38)34(2)19-9-5-4-6-10-19/h4-6,9-10,13-17,21-22H,3,7-8,11-12H2,1-2H3,(H2,28,36)(H2,30,31,32,33)/t21-,22+/m1/s1. The number of nitrogens with two attached hydrogens (primary N) is 1. The first-order chi connectivity index (χ1) is 18.8. The third kappa shape index (κ3) is 5.37. The molecule has 0 aliphatic heterocycles. The number of primary amides is 1. The first-order valence-electron chi connectivity index (χ1n) is 13.0. The van der Waals surface area contributed by atoms with Gasteiger partial charge in [0.05, 0.1) is 22.8 Å². The van der Waals surface area contributed by atoms with Crippen LogP contribution in [0, 0.1) is 5.92 Å². The fourth-order valence-electron chi connectivity index (χ4n) is 4.92. The average Bonchev–Trinajstić information content (AvgIpc) is 3.37. The van der Waals surface area contributed by atoms with E-state index in [-0.39, 0.29) is 22.8 Å². The number of hydrogen-bond acceptors (Lipinski definition) is 8. The summed E-state index contributed by atoms with van der Waals surface area (Å²) >= 11 is 0. The molecule has 0 unspecified atom stereocenters. The predicted octanol–water partition coefficient (Wildman–Crippen LogP) is 3.87. The number of sulfonamides is 1. The minimum atomic E-state index is -3.74. The number of nitrogens with one attached hydrogen (secondary N) is 2. The second kappa shape index (κ2) is 10.9. The number of rotatable bonds is 9. The Morgan fingerprint density at radius 3 is 2.49 bits per heavy atom. The van der Waals surface area contributed by atoms with Crippen LogP contribution in [-0.4, -0.2) is 46.9 Å². The van der Waals surface area contributed by atoms with E-state index in [0.29, 0.717) is 40.8 Å². The van der Waals surface area contributed by atoms with Gasteiger partial charge in [-0.05, 0) is 56.2 Å². The number of carbonyl (C=O) groups is 1. The molecule has 2 aromatic carbocycles. The summed E-state index contributed by atoms with van der Waals surface area (Å²) in [7, 11) is -2.21. The van der Waals surface area contributed by atoms with Gasteiger partial charge >= 0.3 is 0 Å². The molecule has 1 saturated carbocycles. The Labute approximate surface area is 227 Å². The molecule has 2 aromatic heterocycles. The SMILES string of the molecule is CCn1cnc2c(Nc3ccc(S(=O)(=O)N(C)c4ccccc4)cc3)nc(N[C@H]3CCCC[C@H]3C(N)=O)nc21. The first kappa shape index (κ1) is 26.4. The van der Waals surface area contributed by atoms with Crippen LogP contribution in [0.3, 0.4) is 0 Å². The molecule has 12 heteroatoms. The van der Waals surface area contributed by atoms with Gasteiger partial charge in [0.25, 0.3) is 10.0 Å². The van der Waals surface area contributed by atoms with E-state index in [0.717, 1.165) is 25.7 Å². The highest BCUT2D eigenvalue weighted by Crippen LogP contribution is 2.30. The number of nitrogens with zero attached hydrogens (tertiary/aromatic N) is 5. The zero-order valence-electron chi connectivity index (χ0n) is 21.9. The Morgan fingerprint density at radius 1 is 1.08 bits per heavy atom. The van der Waals surface area contributed by atoms with Gasteiger partial charge in [-0.25, -0.2) is 13.4 Å². The summed E-state index contributed by atoms with van der Waals surface area (Å²) in [5, 5.41) is 6.61. The lowest BCUT2D eigenvalue weighted by molar-refractivity contribution is -0.122. The van der Waals surface area contributed by atoms with Crippen LogP contribution in [-0.2, 0) is 21.4 Å². The number of aromatic nitrogens is 4. The fraction of sp³-hybridized carbons (Fsp3) is 0.333. The van der Waals surface area contributed by atoms with Gasteiger partial charge in [-0.1, -0.05) is 31.0 Å². The van der Waals surface area contributed by atoms with Crippen LogP contribution in [0.25, 0.3) is 11.2 Å². The number of fused-ring (bicyclic) bond motifs is 1. The topological polar surface area (TPSA) is 148 Å². The number of amides is 1. The van der Waals surface area contributed by atoms with Crippen LogP contribution < -0.4 is 20.7 Å². The van der Waals surface area contributed by atoms with E-state index >= 15 is 0 Å². The molecule has 0 saturated heterocycles. The van der Waals surface area contributed by atoms with Crippen LogP contribution in [0.4, 0.5) is 23.1 Å². The van der Waals surface area contributed by atoms with E-state index < -0.39 is 10.0 Å². The van der Waals surface area contributed by atoms with E-state index in [4.69, 9.17) is 10.7 Å². The third-order valence-electron chi connectivity index (χ3n) is 7.15. The van der Waals surface area contributed by atoms with Crippen molar-refractivity contribution in [2.45, 2.75) is 50.1 Å². The number of aryl methyl sites for hydroxylation is 1. The van der Waals surface area contributed by atoms with Crippen molar-refractivity contribution in [3.05, 3.63) is 60.9 Å². The number of carbonyl (C=O) groups excluding carboxylic acids is 1. The summed E-state index contributed by atoms with van der Waals surface area (Å²) in [5.74, 6) is 0.243. The molecule has 204 valence electrons. The maximum Gasteiger partial charge on any atom is 0.264 e. The Morgan fingerprint density at radius 2 is 1.79 bits per heavy atom. The summed E-state index contributed by atoms with van der Waals surface area (Å²) in [6.45, 7) is 2.67. The maximum atomic E-state index is 13.2. The van der Waals surface area contributed by atoms with Gasteiger partial charge in [0.2, 0.25) is 11.9 Å². The van der Waals surface area contributed by atoms with Crippen molar-refractivity contribution < 1.29 is 13.2 Å². The molecule has 1 amide bonds. The quantitative estimate of drug-likeness (QED) is 0.285. The number of hydrogen-bond donors (Lipinski definition) is 3. The fourth-order valence-corrected chi connectivity index (χ4v) is 6.11. The van der Waals surface area contributed by atoms with Crippen molar-refractivity contribution in [2.75, 3.05) is 22.0 Å². The summed E-state index contributed by atoms with van der Waals surface area (Å²) in [4.78, 5) is 26.1. The van der Waals surface area contributed by atoms with Gasteiger partial charge in [0.1, 0.15) is 0 Å². The van der Waals surface area contributed by atoms with Crippen molar-refractivity contribution in [1.82, 2.24) is 19.5 Å². The lowest BCUT2D eigenvalue weighted by Crippen LogP contribution is -2.40. The normalized spacial score (nSPS) is 17.6. The van der Waals surface area contributed by atoms with Crippen molar-refractivity contribution in [2.24, 2.45) is 11.7 Å². The molecular formula is C27H32N8O3S. The summed E-state index contributed by atoms with van der Waals surface area (Å²) in [6, 6.07) is 15.3. The highest BCUT2D eigenvalue weighted by atomic mass is 32.2. The second-order valence-corrected chi connectivity index (χ2v) is 11.6. The molecule has 11 nitrogen and oxygen atoms in total. The highest BCUT2D eigenvalue weighted by Gasteiger charge is 2.30. The van der Waals surface area contributed by atoms with Crippen molar-refractivity contribution >= 4 is 50.2 Å². The molecule has 4 N–H and O–H groups in total. The molecule has 1 fully saturated rings. The summed E-state index contributed by atoms with van der Waals surface area (Å²) in [6.07, 6.45) is 5.21. The molecule has 2 atom stereocenters. The summed E-state index contributed by atoms with van der Waals surface area (Å²) in [5.41, 5.74) is 8.11. The molecule has 1 aliphatic carbocycles. The molecular weight excluding hydrogens is 516 g/mol. The Bertz CT molecular complexity index is 1570. The van der Waals surface area contributed by atoms with Gasteiger partial charge in [0, 0.05) is 25.3 Å². The van der Waals surface area contributed by atoms with Gasteiger partial charge in [-0.2, -0.15) is 9.97 Å². The predicted molar refractivity (Wildman–Crippen MR) is 151 cm³/mol. The molecule has 0 spiro atoms. The van der Waals surface area contributed by atoms with E-state index in [1.807, 2.05) is 17.6 Å². The molecule has 39 heavy (non-hydrogen) atoms. The number of para-hydroxylation sites is 1. The van der Waals surface area contributed by atoms with Gasteiger partial charge in [-0.15, -0.1) is 0 Å². The van der Waals surface area contributed by atoms with E-state index in [1.165, 1.54) is 11.4 Å². The van der Waals surface area contributed by atoms with Crippen molar-refractivity contribution in [3.8, 4) is 0 Å². The van der Waals surface area contributed by atoms with Crippen molar-refractivity contribution in [3.63, 3.8) is 0 Å². The Balaban J connectivity index is 1.43. The lowest BCUT2D eigenvalue weighted by Gasteiger charge is -2.30. The van der Waals surface area contributed by atoms with Crippen LogP contribution in [0.2, 0.25) is 0 Å². The monoisotopic (exact) mass is 548 g/mol. The lowest BCUT2D eigenvalue weighted by atomic mass is 9.84. The smallest absolute Gasteiger partial charge is 0.264 e. The van der Waals surface area contributed by atoms with Crippen LogP contribution in [0.15, 0.2) is 65.8 Å². The number of imidazole rings is 1. The molecule has 0 bridgehead atoms. The van der Waals surface area contributed by atoms with Crippen LogP contribution in [0.5, 0.6) is 0 Å². The zero-order chi connectivity index (χ0) is 27.6. The third-order valence-corrected chi connectivity index (χ3v) is 8.95. The molecule has 4 aromatic rings. The van der Waals surface area contributed by atoms with Crippen LogP contribution in [0.1, 0.15) is 32.6 Å². The van der Waals surface area contributed by atoms with Gasteiger partial charge in [-0.3, -0.25) is 9.10 Å². The highest BCUT2D eigenvalue weighted by molar-refractivity contribution is 7.92. The van der Waals surface area contributed by atoms with Gasteiger partial charge < -0.3 is 20.9 Å². The Hall–Kier alpha value is -4.19. The minimum absolute atomic E-state index is 0.148. The molecule has 2 heterocycles. The number of anilines is 4. The molecule has 5 rings (SSSR count). The van der Waals surface area contributed by atoms with E-state index in [9.17, 15) is 13.2 Å². The van der Waals surface area contributed by atoms with Gasteiger partial charge in [0.15, 0.2) is 17.0 Å². The second-order valence-electron chi connectivity index (χ2n) is 9.60.